The Labute approximate surface area is 208 Å². The first-order chi connectivity index (χ1) is 16.5. The molecule has 1 amide bonds. The summed E-state index contributed by atoms with van der Waals surface area (Å²) in [5.41, 5.74) is 0.828. The van der Waals surface area contributed by atoms with Crippen LogP contribution in [-0.4, -0.2) is 44.2 Å². The summed E-state index contributed by atoms with van der Waals surface area (Å²) in [6.45, 7) is 2.50. The average molecular weight is 533 g/mol. The predicted octanol–water partition coefficient (Wildman–Crippen LogP) is 2.29. The van der Waals surface area contributed by atoms with E-state index in [4.69, 9.17) is 11.6 Å². The molecule has 4 rings (SSSR count). The lowest BCUT2D eigenvalue weighted by Crippen LogP contribution is -2.41. The van der Waals surface area contributed by atoms with Crippen molar-refractivity contribution < 1.29 is 21.6 Å². The molecular weight excluding hydrogens is 508 g/mol. The van der Waals surface area contributed by atoms with E-state index >= 15 is 0 Å². The Bertz CT molecular complexity index is 1610. The van der Waals surface area contributed by atoms with Gasteiger partial charge in [-0.25, -0.2) is 22.0 Å². The van der Waals surface area contributed by atoms with Gasteiger partial charge in [-0.1, -0.05) is 23.7 Å². The molecule has 1 saturated heterocycles. The molecule has 184 valence electrons. The van der Waals surface area contributed by atoms with Crippen LogP contribution < -0.4 is 9.94 Å². The molecule has 0 saturated carbocycles. The molecule has 1 fully saturated rings. The number of hydrogen-bond acceptors (Lipinski definition) is 6. The lowest BCUT2D eigenvalue weighted by Gasteiger charge is -2.32. The number of carbonyl (C=O) groups is 1. The highest BCUT2D eigenvalue weighted by Crippen LogP contribution is 2.25. The van der Waals surface area contributed by atoms with Crippen molar-refractivity contribution in [2.24, 2.45) is 10.1 Å². The predicted molar refractivity (Wildman–Crippen MR) is 134 cm³/mol. The summed E-state index contributed by atoms with van der Waals surface area (Å²) in [5, 5.41) is 5.22. The molecule has 35 heavy (non-hydrogen) atoms. The second kappa shape index (κ2) is 9.67. The van der Waals surface area contributed by atoms with Gasteiger partial charge < -0.3 is 4.57 Å². The van der Waals surface area contributed by atoms with E-state index in [9.17, 15) is 21.6 Å². The largest absolute Gasteiger partial charge is 0.305 e. The van der Waals surface area contributed by atoms with Gasteiger partial charge in [0.15, 0.2) is 4.80 Å². The number of terminal acetylenes is 1. The quantitative estimate of drug-likeness (QED) is 0.504. The van der Waals surface area contributed by atoms with Crippen molar-refractivity contribution in [2.75, 3.05) is 6.54 Å². The van der Waals surface area contributed by atoms with Gasteiger partial charge in [0.05, 0.1) is 26.6 Å². The molecule has 1 atom stereocenters. The standard InChI is InChI=1S/C23H24N4O5S3/c1-3-13-26-20-12-11-19(34(24,29)30)15-21(20)33-23(26)25-22(28)17-7-9-18(10-8-17)35(31,32)27-14-5-4-6-16(27)2/h1,7-12,15-16H,4-6,13-14H2,2H3,(H2,24,29,30)/t16-/m0/s1. The number of hydrogen-bond donors (Lipinski definition) is 1. The van der Waals surface area contributed by atoms with Gasteiger partial charge in [-0.05, 0) is 62.2 Å². The van der Waals surface area contributed by atoms with E-state index in [1.165, 1.54) is 40.7 Å². The van der Waals surface area contributed by atoms with E-state index in [1.807, 2.05) is 6.92 Å². The number of amides is 1. The van der Waals surface area contributed by atoms with Crippen LogP contribution in [0.15, 0.2) is 57.2 Å². The molecular formula is C23H24N4O5S3. The summed E-state index contributed by atoms with van der Waals surface area (Å²) in [5.74, 6) is 1.92. The maximum Gasteiger partial charge on any atom is 0.279 e. The van der Waals surface area contributed by atoms with Crippen molar-refractivity contribution in [2.45, 2.75) is 48.6 Å². The van der Waals surface area contributed by atoms with Gasteiger partial charge in [0.25, 0.3) is 5.91 Å². The van der Waals surface area contributed by atoms with E-state index < -0.39 is 26.0 Å². The zero-order valence-corrected chi connectivity index (χ0v) is 21.4. The Morgan fingerprint density at radius 2 is 1.83 bits per heavy atom. The van der Waals surface area contributed by atoms with E-state index in [-0.39, 0.29) is 32.7 Å². The Morgan fingerprint density at radius 3 is 2.46 bits per heavy atom. The average Bonchev–Trinajstić information content (AvgIpc) is 3.15. The molecule has 0 radical (unpaired) electrons. The summed E-state index contributed by atoms with van der Waals surface area (Å²) in [6, 6.07) is 9.97. The molecule has 1 aliphatic heterocycles. The number of piperidine rings is 1. The second-order valence-corrected chi connectivity index (χ2v) is 12.7. The number of benzene rings is 2. The van der Waals surface area contributed by atoms with Crippen LogP contribution in [0.25, 0.3) is 10.2 Å². The maximum absolute atomic E-state index is 13.0. The number of nitrogens with zero attached hydrogens (tertiary/aromatic N) is 3. The Kier molecular flexibility index (Phi) is 6.99. The Hall–Kier alpha value is -2.82. The van der Waals surface area contributed by atoms with Gasteiger partial charge in [0.1, 0.15) is 0 Å². The summed E-state index contributed by atoms with van der Waals surface area (Å²) in [6.07, 6.45) is 8.13. The number of aromatic nitrogens is 1. The molecule has 0 spiro atoms. The van der Waals surface area contributed by atoms with Gasteiger partial charge >= 0.3 is 0 Å². The molecule has 1 aliphatic rings. The van der Waals surface area contributed by atoms with Crippen LogP contribution in [0, 0.1) is 12.3 Å². The first-order valence-corrected chi connectivity index (χ1v) is 14.6. The molecule has 12 heteroatoms. The Morgan fingerprint density at radius 1 is 1.14 bits per heavy atom. The molecule has 0 aliphatic carbocycles. The van der Waals surface area contributed by atoms with E-state index in [2.05, 4.69) is 10.9 Å². The van der Waals surface area contributed by atoms with Gasteiger partial charge in [-0.15, -0.1) is 6.42 Å². The molecule has 3 aromatic rings. The van der Waals surface area contributed by atoms with Crippen LogP contribution in [0.3, 0.4) is 0 Å². The van der Waals surface area contributed by atoms with Crippen molar-refractivity contribution >= 4 is 47.5 Å². The minimum Gasteiger partial charge on any atom is -0.305 e. The molecule has 0 unspecified atom stereocenters. The van der Waals surface area contributed by atoms with Crippen molar-refractivity contribution in [3.8, 4) is 12.3 Å². The van der Waals surface area contributed by atoms with Gasteiger partial charge in [-0.2, -0.15) is 9.30 Å². The van der Waals surface area contributed by atoms with Crippen molar-refractivity contribution in [3.63, 3.8) is 0 Å². The monoisotopic (exact) mass is 532 g/mol. The summed E-state index contributed by atoms with van der Waals surface area (Å²) in [7, 11) is -7.55. The van der Waals surface area contributed by atoms with E-state index in [1.54, 1.807) is 10.6 Å². The third kappa shape index (κ3) is 5.10. The fraction of sp³-hybridized carbons (Fsp3) is 0.304. The number of carbonyl (C=O) groups excluding carboxylic acids is 1. The van der Waals surface area contributed by atoms with Crippen LogP contribution in [0.5, 0.6) is 0 Å². The normalized spacial score (nSPS) is 18.0. The zero-order valence-electron chi connectivity index (χ0n) is 18.9. The van der Waals surface area contributed by atoms with Crippen LogP contribution in [-0.2, 0) is 26.6 Å². The van der Waals surface area contributed by atoms with Crippen molar-refractivity contribution in [3.05, 3.63) is 52.8 Å². The van der Waals surface area contributed by atoms with E-state index in [0.29, 0.717) is 16.8 Å². The van der Waals surface area contributed by atoms with Crippen LogP contribution in [0.1, 0.15) is 36.5 Å². The maximum atomic E-state index is 13.0. The minimum absolute atomic E-state index is 0.0585. The first-order valence-electron chi connectivity index (χ1n) is 10.8. The molecule has 2 aromatic carbocycles. The number of nitrogens with two attached hydrogens (primary N) is 1. The topological polar surface area (TPSA) is 132 Å². The number of fused-ring (bicyclic) bond motifs is 1. The SMILES string of the molecule is C#CCn1c(=NC(=O)c2ccc(S(=O)(=O)N3CCCC[C@@H]3C)cc2)sc2cc(S(N)(=O)=O)ccc21. The van der Waals surface area contributed by atoms with Crippen molar-refractivity contribution in [1.82, 2.24) is 8.87 Å². The molecule has 1 aromatic heterocycles. The third-order valence-corrected chi connectivity index (χ3v) is 9.86. The molecule has 2 heterocycles. The molecule has 0 bridgehead atoms. The third-order valence-electron chi connectivity index (χ3n) is 5.88. The van der Waals surface area contributed by atoms with Crippen LogP contribution in [0.4, 0.5) is 0 Å². The van der Waals surface area contributed by atoms with Gasteiger partial charge in [0.2, 0.25) is 20.0 Å². The molecule has 9 nitrogen and oxygen atoms in total. The van der Waals surface area contributed by atoms with Crippen molar-refractivity contribution in [1.29, 1.82) is 0 Å². The smallest absolute Gasteiger partial charge is 0.279 e. The highest BCUT2D eigenvalue weighted by atomic mass is 32.2. The highest BCUT2D eigenvalue weighted by molar-refractivity contribution is 7.89. The summed E-state index contributed by atoms with van der Waals surface area (Å²) >= 11 is 1.10. The molecule has 2 N–H and O–H groups in total. The number of thiazole rings is 1. The van der Waals surface area contributed by atoms with Gasteiger partial charge in [-0.3, -0.25) is 4.79 Å². The number of rotatable bonds is 5. The highest BCUT2D eigenvalue weighted by Gasteiger charge is 2.30. The lowest BCUT2D eigenvalue weighted by atomic mass is 10.1. The summed E-state index contributed by atoms with van der Waals surface area (Å²) in [4.78, 5) is 17.4. The summed E-state index contributed by atoms with van der Waals surface area (Å²) < 4.78 is 53.1. The second-order valence-electron chi connectivity index (χ2n) is 8.25. The van der Waals surface area contributed by atoms with Gasteiger partial charge in [0, 0.05) is 18.2 Å². The fourth-order valence-corrected chi connectivity index (χ4v) is 7.43. The van der Waals surface area contributed by atoms with Crippen LogP contribution in [0.2, 0.25) is 0 Å². The van der Waals surface area contributed by atoms with Crippen LogP contribution >= 0.6 is 11.3 Å². The fourth-order valence-electron chi connectivity index (χ4n) is 4.05. The number of primary sulfonamides is 1. The number of sulfonamides is 2. The minimum atomic E-state index is -3.90. The lowest BCUT2D eigenvalue weighted by molar-refractivity contribution is 0.0997. The Balaban J connectivity index is 1.69. The van der Waals surface area contributed by atoms with E-state index in [0.717, 1.165) is 30.6 Å². The first kappa shape index (κ1) is 25.3. The zero-order chi connectivity index (χ0) is 25.4.